The Morgan fingerprint density at radius 1 is 1.36 bits per heavy atom. The topological polar surface area (TPSA) is 88.9 Å². The minimum atomic E-state index is -0.678. The first-order chi connectivity index (χ1) is 12.0. The van der Waals surface area contributed by atoms with Gasteiger partial charge in [-0.05, 0) is 43.7 Å². The summed E-state index contributed by atoms with van der Waals surface area (Å²) in [6.07, 6.45) is 6.32. The summed E-state index contributed by atoms with van der Waals surface area (Å²) in [6.45, 7) is 2.19. The number of hydrogen-bond acceptors (Lipinski definition) is 5. The van der Waals surface area contributed by atoms with E-state index in [1.54, 1.807) is 16.8 Å². The molecule has 8 heteroatoms. The molecule has 1 fully saturated rings. The second-order valence-electron chi connectivity index (χ2n) is 6.78. The molecule has 25 heavy (non-hydrogen) atoms. The van der Waals surface area contributed by atoms with Crippen LogP contribution in [0.15, 0.2) is 29.5 Å². The fraction of sp³-hybridized carbons (Fsp3) is 0.412. The standard InChI is InChI=1S/C17H18ClN5O2/c1-10-2-5-17(6-3-10)22-15(24)14-11(18)8-12(16(25)23(14)17)21-13-4-7-19-9-20-13/h4,7-10H,2-3,5-6H2,1H3,(H,22,24)(H,19,20,21). The molecule has 1 saturated carbocycles. The summed E-state index contributed by atoms with van der Waals surface area (Å²) in [7, 11) is 0. The third-order valence-corrected chi connectivity index (χ3v) is 5.38. The molecular weight excluding hydrogens is 342 g/mol. The molecule has 0 unspecified atom stereocenters. The van der Waals surface area contributed by atoms with Gasteiger partial charge in [0.05, 0.1) is 5.02 Å². The number of fused-ring (bicyclic) bond motifs is 2. The van der Waals surface area contributed by atoms with Crippen molar-refractivity contribution in [2.45, 2.75) is 38.3 Å². The highest BCUT2D eigenvalue weighted by molar-refractivity contribution is 6.34. The zero-order valence-electron chi connectivity index (χ0n) is 13.8. The van der Waals surface area contributed by atoms with Crippen LogP contribution in [0.3, 0.4) is 0 Å². The van der Waals surface area contributed by atoms with Gasteiger partial charge in [-0.3, -0.25) is 14.2 Å². The van der Waals surface area contributed by atoms with Gasteiger partial charge in [0.2, 0.25) is 0 Å². The minimum absolute atomic E-state index is 0.245. The summed E-state index contributed by atoms with van der Waals surface area (Å²) < 4.78 is 1.55. The van der Waals surface area contributed by atoms with Gasteiger partial charge in [0.25, 0.3) is 11.5 Å². The van der Waals surface area contributed by atoms with E-state index in [0.29, 0.717) is 17.4 Å². The minimum Gasteiger partial charge on any atom is -0.336 e. The van der Waals surface area contributed by atoms with Crippen molar-refractivity contribution in [1.29, 1.82) is 0 Å². The monoisotopic (exact) mass is 359 g/mol. The number of pyridine rings is 1. The average Bonchev–Trinajstić information content (AvgIpc) is 2.89. The maximum atomic E-state index is 13.1. The van der Waals surface area contributed by atoms with Crippen molar-refractivity contribution in [3.05, 3.63) is 45.7 Å². The van der Waals surface area contributed by atoms with E-state index in [2.05, 4.69) is 27.5 Å². The molecule has 0 aromatic carbocycles. The number of hydrogen-bond donors (Lipinski definition) is 2. The Morgan fingerprint density at radius 3 is 2.80 bits per heavy atom. The molecule has 1 aliphatic carbocycles. The zero-order chi connectivity index (χ0) is 17.6. The number of halogens is 1. The molecule has 7 nitrogen and oxygen atoms in total. The van der Waals surface area contributed by atoms with Crippen molar-refractivity contribution >= 4 is 29.0 Å². The molecule has 0 radical (unpaired) electrons. The Labute approximate surface area is 149 Å². The molecule has 0 saturated heterocycles. The zero-order valence-corrected chi connectivity index (χ0v) is 14.5. The first-order valence-electron chi connectivity index (χ1n) is 8.32. The molecular formula is C17H18ClN5O2. The summed E-state index contributed by atoms with van der Waals surface area (Å²) in [5, 5.41) is 6.25. The number of amides is 1. The van der Waals surface area contributed by atoms with Crippen LogP contribution in [0.25, 0.3) is 0 Å². The van der Waals surface area contributed by atoms with Gasteiger partial charge in [-0.25, -0.2) is 9.97 Å². The molecule has 2 N–H and O–H groups in total. The molecule has 0 atom stereocenters. The van der Waals surface area contributed by atoms with Gasteiger partial charge in [0, 0.05) is 6.20 Å². The van der Waals surface area contributed by atoms with Crippen LogP contribution in [0.1, 0.15) is 43.1 Å². The molecule has 2 aromatic rings. The van der Waals surface area contributed by atoms with Crippen LogP contribution in [0.4, 0.5) is 11.5 Å². The average molecular weight is 360 g/mol. The maximum Gasteiger partial charge on any atom is 0.276 e. The van der Waals surface area contributed by atoms with E-state index in [-0.39, 0.29) is 22.2 Å². The lowest BCUT2D eigenvalue weighted by Gasteiger charge is -2.37. The summed E-state index contributed by atoms with van der Waals surface area (Å²) in [5.74, 6) is 0.789. The van der Waals surface area contributed by atoms with E-state index in [9.17, 15) is 9.59 Å². The molecule has 4 rings (SSSR count). The number of aromatic nitrogens is 3. The van der Waals surface area contributed by atoms with Crippen molar-refractivity contribution in [3.8, 4) is 0 Å². The van der Waals surface area contributed by atoms with Crippen molar-refractivity contribution in [3.63, 3.8) is 0 Å². The van der Waals surface area contributed by atoms with Crippen LogP contribution in [0, 0.1) is 5.92 Å². The predicted molar refractivity (Wildman–Crippen MR) is 94.1 cm³/mol. The van der Waals surface area contributed by atoms with Crippen LogP contribution in [-0.4, -0.2) is 20.4 Å². The van der Waals surface area contributed by atoms with E-state index in [4.69, 9.17) is 11.6 Å². The van der Waals surface area contributed by atoms with Crippen molar-refractivity contribution in [1.82, 2.24) is 19.9 Å². The molecule has 2 aliphatic rings. The smallest absolute Gasteiger partial charge is 0.276 e. The largest absolute Gasteiger partial charge is 0.336 e. The van der Waals surface area contributed by atoms with E-state index in [1.807, 2.05) is 0 Å². The molecule has 130 valence electrons. The van der Waals surface area contributed by atoms with Gasteiger partial charge < -0.3 is 10.6 Å². The molecule has 1 aliphatic heterocycles. The Bertz CT molecular complexity index is 888. The van der Waals surface area contributed by atoms with Gasteiger partial charge in [-0.1, -0.05) is 18.5 Å². The number of nitrogens with one attached hydrogen (secondary N) is 2. The third kappa shape index (κ3) is 2.59. The number of carbonyl (C=O) groups excluding carboxylic acids is 1. The highest BCUT2D eigenvalue weighted by Crippen LogP contribution is 2.40. The van der Waals surface area contributed by atoms with Crippen LogP contribution in [0.2, 0.25) is 5.02 Å². The van der Waals surface area contributed by atoms with Crippen molar-refractivity contribution in [2.24, 2.45) is 5.92 Å². The van der Waals surface area contributed by atoms with E-state index in [0.717, 1.165) is 25.7 Å². The highest BCUT2D eigenvalue weighted by atomic mass is 35.5. The highest BCUT2D eigenvalue weighted by Gasteiger charge is 2.46. The fourth-order valence-corrected chi connectivity index (χ4v) is 3.99. The molecule has 1 spiro atoms. The van der Waals surface area contributed by atoms with E-state index in [1.165, 1.54) is 12.4 Å². The second kappa shape index (κ2) is 5.84. The lowest BCUT2D eigenvalue weighted by molar-refractivity contribution is 0.0847. The van der Waals surface area contributed by atoms with Crippen molar-refractivity contribution < 1.29 is 4.79 Å². The van der Waals surface area contributed by atoms with Crippen molar-refractivity contribution in [2.75, 3.05) is 5.32 Å². The predicted octanol–water partition coefficient (Wildman–Crippen LogP) is 2.64. The summed E-state index contributed by atoms with van der Waals surface area (Å²) in [6, 6.07) is 3.15. The summed E-state index contributed by atoms with van der Waals surface area (Å²) in [5.41, 5.74) is -0.412. The molecule has 2 aromatic heterocycles. The first kappa shape index (κ1) is 16.1. The Hall–Kier alpha value is -2.41. The molecule has 0 bridgehead atoms. The third-order valence-electron chi connectivity index (χ3n) is 5.09. The van der Waals surface area contributed by atoms with Gasteiger partial charge in [-0.2, -0.15) is 0 Å². The van der Waals surface area contributed by atoms with E-state index >= 15 is 0 Å². The Kier molecular flexibility index (Phi) is 3.76. The maximum absolute atomic E-state index is 13.1. The van der Waals surface area contributed by atoms with Gasteiger partial charge in [0.15, 0.2) is 0 Å². The normalized spacial score (nSPS) is 24.9. The van der Waals surface area contributed by atoms with Gasteiger partial charge in [0.1, 0.15) is 29.2 Å². The molecule has 1 amide bonds. The number of anilines is 2. The lowest BCUT2D eigenvalue weighted by Crippen LogP contribution is -2.49. The number of rotatable bonds is 2. The van der Waals surface area contributed by atoms with Crippen LogP contribution < -0.4 is 16.2 Å². The lowest BCUT2D eigenvalue weighted by atomic mass is 9.83. The molecule has 3 heterocycles. The van der Waals surface area contributed by atoms with Crippen LogP contribution in [-0.2, 0) is 5.66 Å². The van der Waals surface area contributed by atoms with Gasteiger partial charge >= 0.3 is 0 Å². The van der Waals surface area contributed by atoms with Gasteiger partial charge in [-0.15, -0.1) is 0 Å². The van der Waals surface area contributed by atoms with Crippen LogP contribution in [0.5, 0.6) is 0 Å². The quantitative estimate of drug-likeness (QED) is 0.860. The second-order valence-corrected chi connectivity index (χ2v) is 7.19. The fourth-order valence-electron chi connectivity index (χ4n) is 3.71. The first-order valence-corrected chi connectivity index (χ1v) is 8.69. The summed E-state index contributed by atoms with van der Waals surface area (Å²) in [4.78, 5) is 33.5. The number of nitrogens with zero attached hydrogens (tertiary/aromatic N) is 3. The SMILES string of the molecule is CC1CCC2(CC1)NC(=O)c1c(Cl)cc(Nc3ccncn3)c(=O)n12. The Balaban J connectivity index is 1.83. The van der Waals surface area contributed by atoms with Crippen LogP contribution >= 0.6 is 11.6 Å². The summed E-state index contributed by atoms with van der Waals surface area (Å²) >= 11 is 6.35. The van der Waals surface area contributed by atoms with E-state index < -0.39 is 5.66 Å². The Morgan fingerprint density at radius 2 is 2.12 bits per heavy atom. The number of carbonyl (C=O) groups is 1.